The number of hydrogen-bond acceptors (Lipinski definition) is 6. The molecule has 2 amide bonds. The summed E-state index contributed by atoms with van der Waals surface area (Å²) < 4.78 is 5.66. The lowest BCUT2D eigenvalue weighted by atomic mass is 10.2. The molecule has 3 rings (SSSR count). The topological polar surface area (TPSA) is 88.3 Å². The number of likely N-dealkylation sites (tertiary alicyclic amines) is 1. The largest absolute Gasteiger partial charge is 0.350 e. The molecule has 0 bridgehead atoms. The Balaban J connectivity index is 1.68. The smallest absolute Gasteiger partial charge is 0.293 e. The van der Waals surface area contributed by atoms with Crippen molar-refractivity contribution in [2.75, 3.05) is 6.54 Å². The average molecular weight is 413 g/mol. The van der Waals surface area contributed by atoms with Gasteiger partial charge in [0.05, 0.1) is 11.2 Å². The zero-order valence-corrected chi connectivity index (χ0v) is 15.9. The Bertz CT molecular complexity index is 788. The molecule has 1 aliphatic heterocycles. The summed E-state index contributed by atoms with van der Waals surface area (Å²) in [7, 11) is 0. The number of carbonyl (C=O) groups excluding carboxylic acids is 2. The van der Waals surface area contributed by atoms with Gasteiger partial charge < -0.3 is 14.7 Å². The first-order chi connectivity index (χ1) is 11.4. The Hall–Kier alpha value is -1.74. The zero-order chi connectivity index (χ0) is 17.4. The Morgan fingerprint density at radius 3 is 2.79 bits per heavy atom. The SMILES string of the molecule is Cc1ncsc1C(=O)NC1CC(C)N(C(=O)c2onc(Br)c2C)C1. The van der Waals surface area contributed by atoms with E-state index in [0.717, 1.165) is 5.69 Å². The molecule has 0 saturated carbocycles. The summed E-state index contributed by atoms with van der Waals surface area (Å²) in [6.45, 7) is 5.99. The van der Waals surface area contributed by atoms with E-state index in [-0.39, 0.29) is 29.7 Å². The fraction of sp³-hybridized carbons (Fsp3) is 0.467. The van der Waals surface area contributed by atoms with Gasteiger partial charge >= 0.3 is 0 Å². The summed E-state index contributed by atoms with van der Waals surface area (Å²) >= 11 is 4.56. The lowest BCUT2D eigenvalue weighted by Gasteiger charge is -2.20. The maximum atomic E-state index is 12.7. The first-order valence-corrected chi connectivity index (χ1v) is 9.19. The van der Waals surface area contributed by atoms with Gasteiger partial charge in [-0.25, -0.2) is 4.98 Å². The van der Waals surface area contributed by atoms with E-state index in [1.54, 1.807) is 17.3 Å². The molecule has 2 aromatic rings. The number of nitrogens with zero attached hydrogens (tertiary/aromatic N) is 3. The summed E-state index contributed by atoms with van der Waals surface area (Å²) in [4.78, 5) is 31.4. The van der Waals surface area contributed by atoms with E-state index in [0.29, 0.717) is 28.0 Å². The molecule has 1 N–H and O–H groups in total. The monoisotopic (exact) mass is 412 g/mol. The van der Waals surface area contributed by atoms with Gasteiger partial charge in [-0.05, 0) is 43.1 Å². The van der Waals surface area contributed by atoms with Crippen LogP contribution in [0.4, 0.5) is 0 Å². The molecule has 24 heavy (non-hydrogen) atoms. The van der Waals surface area contributed by atoms with Crippen LogP contribution >= 0.6 is 27.3 Å². The summed E-state index contributed by atoms with van der Waals surface area (Å²) in [5.74, 6) is -0.108. The summed E-state index contributed by atoms with van der Waals surface area (Å²) in [5, 5.41) is 6.75. The van der Waals surface area contributed by atoms with Crippen LogP contribution < -0.4 is 5.32 Å². The van der Waals surface area contributed by atoms with E-state index in [1.807, 2.05) is 13.8 Å². The van der Waals surface area contributed by atoms with Crippen molar-refractivity contribution in [2.45, 2.75) is 39.3 Å². The minimum absolute atomic E-state index is 0.00799. The van der Waals surface area contributed by atoms with Crippen molar-refractivity contribution in [1.29, 1.82) is 0 Å². The lowest BCUT2D eigenvalue weighted by Crippen LogP contribution is -2.39. The second-order valence-electron chi connectivity index (χ2n) is 5.91. The molecule has 1 saturated heterocycles. The molecule has 0 spiro atoms. The van der Waals surface area contributed by atoms with Crippen molar-refractivity contribution >= 4 is 39.1 Å². The third-order valence-electron chi connectivity index (χ3n) is 4.18. The molecule has 3 heterocycles. The predicted octanol–water partition coefficient (Wildman–Crippen LogP) is 2.54. The number of hydrogen-bond donors (Lipinski definition) is 1. The van der Waals surface area contributed by atoms with Crippen LogP contribution in [0, 0.1) is 13.8 Å². The molecular weight excluding hydrogens is 396 g/mol. The van der Waals surface area contributed by atoms with E-state index in [9.17, 15) is 9.59 Å². The highest BCUT2D eigenvalue weighted by Gasteiger charge is 2.36. The molecule has 2 unspecified atom stereocenters. The highest BCUT2D eigenvalue weighted by molar-refractivity contribution is 9.10. The molecule has 7 nitrogen and oxygen atoms in total. The standard InChI is InChI=1S/C15H17BrN4O3S/c1-7-4-10(18-14(21)12-9(3)17-6-24-12)5-20(7)15(22)11-8(2)13(16)19-23-11/h6-7,10H,4-5H2,1-3H3,(H,18,21). The first kappa shape index (κ1) is 17.1. The van der Waals surface area contributed by atoms with Crippen molar-refractivity contribution in [3.63, 3.8) is 0 Å². The maximum Gasteiger partial charge on any atom is 0.293 e. The third kappa shape index (κ3) is 3.10. The second-order valence-corrected chi connectivity index (χ2v) is 7.51. The fourth-order valence-electron chi connectivity index (χ4n) is 2.84. The molecule has 128 valence electrons. The quantitative estimate of drug-likeness (QED) is 0.836. The predicted molar refractivity (Wildman–Crippen MR) is 92.2 cm³/mol. The van der Waals surface area contributed by atoms with Crippen LogP contribution in [0.1, 0.15) is 44.8 Å². The van der Waals surface area contributed by atoms with Crippen molar-refractivity contribution in [3.8, 4) is 0 Å². The third-order valence-corrected chi connectivity index (χ3v) is 5.85. The van der Waals surface area contributed by atoms with E-state index in [2.05, 4.69) is 31.4 Å². The summed E-state index contributed by atoms with van der Waals surface area (Å²) in [5.41, 5.74) is 3.06. The summed E-state index contributed by atoms with van der Waals surface area (Å²) in [6.07, 6.45) is 0.698. The van der Waals surface area contributed by atoms with Gasteiger partial charge in [-0.15, -0.1) is 11.3 Å². The molecule has 0 radical (unpaired) electrons. The first-order valence-electron chi connectivity index (χ1n) is 7.52. The molecule has 1 aliphatic rings. The van der Waals surface area contributed by atoms with Crippen LogP contribution in [0.5, 0.6) is 0 Å². The minimum Gasteiger partial charge on any atom is -0.350 e. The Morgan fingerprint density at radius 1 is 1.46 bits per heavy atom. The van der Waals surface area contributed by atoms with Gasteiger partial charge in [0.2, 0.25) is 5.76 Å². The number of amides is 2. The minimum atomic E-state index is -0.205. The van der Waals surface area contributed by atoms with E-state index in [4.69, 9.17) is 4.52 Å². The summed E-state index contributed by atoms with van der Waals surface area (Å²) in [6, 6.07) is -0.0850. The number of rotatable bonds is 3. The van der Waals surface area contributed by atoms with Crippen molar-refractivity contribution < 1.29 is 14.1 Å². The van der Waals surface area contributed by atoms with E-state index in [1.165, 1.54) is 11.3 Å². The average Bonchev–Trinajstić information content (AvgIpc) is 3.20. The fourth-order valence-corrected chi connectivity index (χ4v) is 3.79. The number of aryl methyl sites for hydroxylation is 1. The van der Waals surface area contributed by atoms with Gasteiger partial charge in [-0.3, -0.25) is 9.59 Å². The highest BCUT2D eigenvalue weighted by atomic mass is 79.9. The van der Waals surface area contributed by atoms with Crippen LogP contribution in [-0.4, -0.2) is 45.5 Å². The Labute approximate surface area is 151 Å². The van der Waals surface area contributed by atoms with Gasteiger partial charge in [-0.2, -0.15) is 0 Å². The van der Waals surface area contributed by atoms with Crippen LogP contribution in [0.15, 0.2) is 14.6 Å². The Morgan fingerprint density at radius 2 is 2.21 bits per heavy atom. The normalized spacial score (nSPS) is 20.4. The lowest BCUT2D eigenvalue weighted by molar-refractivity contribution is 0.0698. The second kappa shape index (κ2) is 6.64. The number of nitrogens with one attached hydrogen (secondary N) is 1. The van der Waals surface area contributed by atoms with Crippen molar-refractivity contribution in [1.82, 2.24) is 20.4 Å². The number of carbonyl (C=O) groups is 2. The number of aromatic nitrogens is 2. The van der Waals surface area contributed by atoms with Gasteiger partial charge in [-0.1, -0.05) is 5.16 Å². The maximum absolute atomic E-state index is 12.7. The molecule has 2 aromatic heterocycles. The molecule has 9 heteroatoms. The van der Waals surface area contributed by atoms with Gasteiger partial charge in [0.15, 0.2) is 4.60 Å². The Kier molecular flexibility index (Phi) is 4.73. The van der Waals surface area contributed by atoms with Crippen LogP contribution in [-0.2, 0) is 0 Å². The van der Waals surface area contributed by atoms with E-state index < -0.39 is 0 Å². The molecule has 0 aliphatic carbocycles. The van der Waals surface area contributed by atoms with Crippen LogP contribution in [0.3, 0.4) is 0 Å². The van der Waals surface area contributed by atoms with E-state index >= 15 is 0 Å². The van der Waals surface area contributed by atoms with Crippen molar-refractivity contribution in [3.05, 3.63) is 32.0 Å². The molecule has 2 atom stereocenters. The van der Waals surface area contributed by atoms with Crippen molar-refractivity contribution in [2.24, 2.45) is 0 Å². The number of halogens is 1. The molecular formula is C15H17BrN4O3S. The number of thiazole rings is 1. The highest BCUT2D eigenvalue weighted by Crippen LogP contribution is 2.25. The molecule has 0 aromatic carbocycles. The van der Waals surface area contributed by atoms with Gasteiger partial charge in [0.25, 0.3) is 11.8 Å². The van der Waals surface area contributed by atoms with Gasteiger partial charge in [0, 0.05) is 24.2 Å². The van der Waals surface area contributed by atoms with Gasteiger partial charge in [0.1, 0.15) is 4.88 Å². The zero-order valence-electron chi connectivity index (χ0n) is 13.5. The van der Waals surface area contributed by atoms with Crippen LogP contribution in [0.25, 0.3) is 0 Å². The molecule has 1 fully saturated rings. The van der Waals surface area contributed by atoms with Crippen LogP contribution in [0.2, 0.25) is 0 Å².